The van der Waals surface area contributed by atoms with Crippen molar-refractivity contribution in [2.75, 3.05) is 13.6 Å². The molecule has 0 unspecified atom stereocenters. The third kappa shape index (κ3) is 2.93. The maximum absolute atomic E-state index is 12.5. The van der Waals surface area contributed by atoms with Gasteiger partial charge in [-0.2, -0.15) is 0 Å². The summed E-state index contributed by atoms with van der Waals surface area (Å²) in [7, 11) is 1.77. The number of carbonyl (C=O) groups is 1. The molecule has 1 amide bonds. The maximum Gasteiger partial charge on any atom is 0.253 e. The highest BCUT2D eigenvalue weighted by atomic mass is 16.3. The fraction of sp³-hybridized carbons (Fsp3) is 0.389. The topological polar surface area (TPSA) is 40.5 Å². The van der Waals surface area contributed by atoms with Gasteiger partial charge in [-0.1, -0.05) is 43.2 Å². The van der Waals surface area contributed by atoms with Gasteiger partial charge >= 0.3 is 0 Å². The van der Waals surface area contributed by atoms with Gasteiger partial charge in [-0.25, -0.2) is 0 Å². The third-order valence-electron chi connectivity index (χ3n) is 4.41. The molecule has 3 rings (SSSR count). The first-order chi connectivity index (χ1) is 10.1. The van der Waals surface area contributed by atoms with Crippen LogP contribution >= 0.6 is 0 Å². The summed E-state index contributed by atoms with van der Waals surface area (Å²) in [5.41, 5.74) is -0.0147. The largest absolute Gasteiger partial charge is 0.388 e. The number of fused-ring (bicyclic) bond motifs is 1. The van der Waals surface area contributed by atoms with E-state index in [9.17, 15) is 9.90 Å². The van der Waals surface area contributed by atoms with Crippen molar-refractivity contribution >= 4 is 16.7 Å². The summed E-state index contributed by atoms with van der Waals surface area (Å²) < 4.78 is 0. The fourth-order valence-electron chi connectivity index (χ4n) is 3.25. The van der Waals surface area contributed by atoms with Gasteiger partial charge in [0, 0.05) is 19.2 Å². The molecule has 0 aliphatic heterocycles. The van der Waals surface area contributed by atoms with Crippen LogP contribution in [0.4, 0.5) is 0 Å². The number of aliphatic hydroxyl groups is 1. The van der Waals surface area contributed by atoms with Crippen molar-refractivity contribution in [3.05, 3.63) is 48.0 Å². The Morgan fingerprint density at radius 2 is 1.81 bits per heavy atom. The summed E-state index contributed by atoms with van der Waals surface area (Å²) in [4.78, 5) is 14.2. The van der Waals surface area contributed by atoms with Crippen molar-refractivity contribution in [1.29, 1.82) is 0 Å². The number of carbonyl (C=O) groups excluding carboxylic acids is 1. The van der Waals surface area contributed by atoms with Crippen LogP contribution < -0.4 is 0 Å². The Labute approximate surface area is 125 Å². The minimum absolute atomic E-state index is 0.0268. The Morgan fingerprint density at radius 3 is 2.52 bits per heavy atom. The predicted octanol–water partition coefficient (Wildman–Crippen LogP) is 3.22. The average Bonchev–Trinajstić information content (AvgIpc) is 2.92. The van der Waals surface area contributed by atoms with Crippen LogP contribution in [0.3, 0.4) is 0 Å². The molecule has 1 saturated carbocycles. The summed E-state index contributed by atoms with van der Waals surface area (Å²) in [6.45, 7) is 0.415. The molecule has 0 atom stereocenters. The second kappa shape index (κ2) is 5.49. The van der Waals surface area contributed by atoms with Crippen LogP contribution in [-0.2, 0) is 0 Å². The standard InChI is InChI=1S/C18H21NO2/c1-19(13-18(21)10-4-5-11-18)17(20)16-9-8-14-6-2-3-7-15(14)12-16/h2-3,6-9,12,21H,4-5,10-11,13H2,1H3. The monoisotopic (exact) mass is 283 g/mol. The van der Waals surface area contributed by atoms with Gasteiger partial charge in [0.1, 0.15) is 0 Å². The lowest BCUT2D eigenvalue weighted by molar-refractivity contribution is 0.0157. The van der Waals surface area contributed by atoms with Gasteiger partial charge in [0.2, 0.25) is 0 Å². The first-order valence-corrected chi connectivity index (χ1v) is 7.54. The van der Waals surface area contributed by atoms with E-state index in [2.05, 4.69) is 0 Å². The summed E-state index contributed by atoms with van der Waals surface area (Å²) >= 11 is 0. The minimum Gasteiger partial charge on any atom is -0.388 e. The van der Waals surface area contributed by atoms with Crippen LogP contribution in [0.25, 0.3) is 10.8 Å². The lowest BCUT2D eigenvalue weighted by Crippen LogP contribution is -2.42. The Kier molecular flexibility index (Phi) is 3.68. The molecular formula is C18H21NO2. The van der Waals surface area contributed by atoms with Gasteiger partial charge in [-0.05, 0) is 35.7 Å². The van der Waals surface area contributed by atoms with Crippen molar-refractivity contribution in [3.8, 4) is 0 Å². The molecule has 2 aromatic rings. The van der Waals surface area contributed by atoms with E-state index in [0.717, 1.165) is 36.5 Å². The molecule has 3 nitrogen and oxygen atoms in total. The molecular weight excluding hydrogens is 262 g/mol. The van der Waals surface area contributed by atoms with E-state index in [1.165, 1.54) is 0 Å². The first-order valence-electron chi connectivity index (χ1n) is 7.54. The molecule has 21 heavy (non-hydrogen) atoms. The third-order valence-corrected chi connectivity index (χ3v) is 4.41. The highest BCUT2D eigenvalue weighted by molar-refractivity contribution is 5.98. The Morgan fingerprint density at radius 1 is 1.14 bits per heavy atom. The van der Waals surface area contributed by atoms with E-state index in [1.54, 1.807) is 11.9 Å². The molecule has 0 heterocycles. The quantitative estimate of drug-likeness (QED) is 0.939. The number of likely N-dealkylation sites (N-methyl/N-ethyl adjacent to an activating group) is 1. The van der Waals surface area contributed by atoms with Gasteiger partial charge in [0.15, 0.2) is 0 Å². The number of hydrogen-bond donors (Lipinski definition) is 1. The molecule has 0 radical (unpaired) electrons. The number of rotatable bonds is 3. The SMILES string of the molecule is CN(CC1(O)CCCC1)C(=O)c1ccc2ccccc2c1. The smallest absolute Gasteiger partial charge is 0.253 e. The molecule has 2 aromatic carbocycles. The van der Waals surface area contributed by atoms with Crippen LogP contribution in [0.5, 0.6) is 0 Å². The van der Waals surface area contributed by atoms with E-state index in [4.69, 9.17) is 0 Å². The number of amides is 1. The van der Waals surface area contributed by atoms with Crippen LogP contribution in [-0.4, -0.2) is 35.1 Å². The second-order valence-corrected chi connectivity index (χ2v) is 6.15. The molecule has 0 saturated heterocycles. The van der Waals surface area contributed by atoms with Gasteiger partial charge in [-0.3, -0.25) is 4.79 Å². The summed E-state index contributed by atoms with van der Waals surface area (Å²) in [6, 6.07) is 13.8. The molecule has 0 spiro atoms. The average molecular weight is 283 g/mol. The Balaban J connectivity index is 1.79. The molecule has 0 aromatic heterocycles. The van der Waals surface area contributed by atoms with Crippen molar-refractivity contribution in [2.24, 2.45) is 0 Å². The molecule has 3 heteroatoms. The van der Waals surface area contributed by atoms with Crippen molar-refractivity contribution in [1.82, 2.24) is 4.90 Å². The van der Waals surface area contributed by atoms with Crippen molar-refractivity contribution in [2.45, 2.75) is 31.3 Å². The lowest BCUT2D eigenvalue weighted by atomic mass is 10.0. The van der Waals surface area contributed by atoms with Gasteiger partial charge in [0.05, 0.1) is 5.60 Å². The summed E-state index contributed by atoms with van der Waals surface area (Å²) in [6.07, 6.45) is 3.69. The van der Waals surface area contributed by atoms with E-state index < -0.39 is 5.60 Å². The molecule has 110 valence electrons. The van der Waals surface area contributed by atoms with Crippen LogP contribution in [0.2, 0.25) is 0 Å². The number of benzene rings is 2. The molecule has 1 N–H and O–H groups in total. The fourth-order valence-corrected chi connectivity index (χ4v) is 3.25. The highest BCUT2D eigenvalue weighted by Crippen LogP contribution is 2.30. The van der Waals surface area contributed by atoms with Crippen LogP contribution in [0, 0.1) is 0 Å². The molecule has 1 fully saturated rings. The number of hydrogen-bond acceptors (Lipinski definition) is 2. The zero-order chi connectivity index (χ0) is 14.9. The molecule has 1 aliphatic rings. The van der Waals surface area contributed by atoms with E-state index in [1.807, 2.05) is 42.5 Å². The zero-order valence-corrected chi connectivity index (χ0v) is 12.4. The zero-order valence-electron chi connectivity index (χ0n) is 12.4. The van der Waals surface area contributed by atoms with E-state index in [0.29, 0.717) is 12.1 Å². The Bertz CT molecular complexity index is 659. The Hall–Kier alpha value is -1.87. The van der Waals surface area contributed by atoms with Crippen LogP contribution in [0.15, 0.2) is 42.5 Å². The van der Waals surface area contributed by atoms with Crippen molar-refractivity contribution in [3.63, 3.8) is 0 Å². The molecule has 0 bridgehead atoms. The van der Waals surface area contributed by atoms with Gasteiger partial charge in [-0.15, -0.1) is 0 Å². The minimum atomic E-state index is -0.693. The van der Waals surface area contributed by atoms with Gasteiger partial charge in [0.25, 0.3) is 5.91 Å². The highest BCUT2D eigenvalue weighted by Gasteiger charge is 2.33. The summed E-state index contributed by atoms with van der Waals surface area (Å²) in [5.74, 6) is -0.0268. The first kappa shape index (κ1) is 14.1. The van der Waals surface area contributed by atoms with Crippen LogP contribution in [0.1, 0.15) is 36.0 Å². The van der Waals surface area contributed by atoms with E-state index in [-0.39, 0.29) is 5.91 Å². The normalized spacial score (nSPS) is 17.0. The lowest BCUT2D eigenvalue weighted by Gasteiger charge is -2.28. The molecule has 1 aliphatic carbocycles. The number of nitrogens with zero attached hydrogens (tertiary/aromatic N) is 1. The van der Waals surface area contributed by atoms with E-state index >= 15 is 0 Å². The summed E-state index contributed by atoms with van der Waals surface area (Å²) in [5, 5.41) is 12.6. The van der Waals surface area contributed by atoms with Crippen molar-refractivity contribution < 1.29 is 9.90 Å². The van der Waals surface area contributed by atoms with Gasteiger partial charge < -0.3 is 10.0 Å². The predicted molar refractivity (Wildman–Crippen MR) is 84.3 cm³/mol. The second-order valence-electron chi connectivity index (χ2n) is 6.15. The maximum atomic E-state index is 12.5.